The molecule has 0 spiro atoms. The normalized spacial score (nSPS) is 12.0. The predicted octanol–water partition coefficient (Wildman–Crippen LogP) is 3.78. The minimum absolute atomic E-state index is 0.0230. The molecule has 1 amide bonds. The molecule has 0 bridgehead atoms. The molecule has 2 N–H and O–H groups in total. The molecule has 0 saturated carbocycles. The smallest absolute Gasteiger partial charge is 0.234 e. The first-order valence-electron chi connectivity index (χ1n) is 6.82. The van der Waals surface area contributed by atoms with Crippen LogP contribution >= 0.6 is 11.8 Å². The van der Waals surface area contributed by atoms with Crippen LogP contribution < -0.4 is 5.32 Å². The second-order valence-electron chi connectivity index (χ2n) is 4.95. The number of hydrogen-bond acceptors (Lipinski definition) is 3. The van der Waals surface area contributed by atoms with E-state index >= 15 is 0 Å². The van der Waals surface area contributed by atoms with Crippen molar-refractivity contribution >= 4 is 23.4 Å². The van der Waals surface area contributed by atoms with E-state index in [1.807, 2.05) is 55.5 Å². The number of hydrogen-bond donors (Lipinski definition) is 2. The monoisotopic (exact) mass is 301 g/mol. The maximum absolute atomic E-state index is 11.9. The van der Waals surface area contributed by atoms with Gasteiger partial charge in [0, 0.05) is 10.6 Å². The minimum atomic E-state index is -0.464. The lowest BCUT2D eigenvalue weighted by atomic mass is 10.1. The molecule has 2 aromatic carbocycles. The van der Waals surface area contributed by atoms with Crippen LogP contribution in [0.5, 0.6) is 0 Å². The fraction of sp³-hybridized carbons (Fsp3) is 0.235. The lowest BCUT2D eigenvalue weighted by molar-refractivity contribution is -0.113. The molecule has 0 radical (unpaired) electrons. The van der Waals surface area contributed by atoms with Gasteiger partial charge in [-0.05, 0) is 49.2 Å². The van der Waals surface area contributed by atoms with E-state index in [0.717, 1.165) is 21.7 Å². The third-order valence-electron chi connectivity index (χ3n) is 3.03. The quantitative estimate of drug-likeness (QED) is 0.826. The predicted molar refractivity (Wildman–Crippen MR) is 87.6 cm³/mol. The van der Waals surface area contributed by atoms with Crippen LogP contribution in [-0.2, 0) is 4.79 Å². The number of rotatable bonds is 5. The average Bonchev–Trinajstić information content (AvgIpc) is 2.45. The van der Waals surface area contributed by atoms with Gasteiger partial charge in [-0.15, -0.1) is 11.8 Å². The summed E-state index contributed by atoms with van der Waals surface area (Å²) in [6, 6.07) is 15.4. The molecule has 4 heteroatoms. The van der Waals surface area contributed by atoms with Crippen LogP contribution in [0.2, 0.25) is 0 Å². The van der Waals surface area contributed by atoms with Gasteiger partial charge in [-0.25, -0.2) is 0 Å². The summed E-state index contributed by atoms with van der Waals surface area (Å²) in [6.07, 6.45) is -0.464. The van der Waals surface area contributed by atoms with E-state index in [9.17, 15) is 9.90 Å². The van der Waals surface area contributed by atoms with Crippen LogP contribution in [0.25, 0.3) is 0 Å². The summed E-state index contributed by atoms with van der Waals surface area (Å²) in [6.45, 7) is 3.73. The largest absolute Gasteiger partial charge is 0.389 e. The van der Waals surface area contributed by atoms with Crippen LogP contribution in [0, 0.1) is 6.92 Å². The topological polar surface area (TPSA) is 49.3 Å². The first kappa shape index (κ1) is 15.6. The number of anilines is 1. The van der Waals surface area contributed by atoms with Gasteiger partial charge in [-0.2, -0.15) is 0 Å². The van der Waals surface area contributed by atoms with Gasteiger partial charge in [0.25, 0.3) is 0 Å². The van der Waals surface area contributed by atoms with Crippen molar-refractivity contribution in [2.75, 3.05) is 11.1 Å². The molecule has 0 aromatic heterocycles. The van der Waals surface area contributed by atoms with Crippen LogP contribution in [0.1, 0.15) is 24.2 Å². The molecule has 3 nitrogen and oxygen atoms in total. The maximum Gasteiger partial charge on any atom is 0.234 e. The minimum Gasteiger partial charge on any atom is -0.389 e. The first-order chi connectivity index (χ1) is 10.0. The Morgan fingerprint density at radius 3 is 2.57 bits per heavy atom. The zero-order valence-electron chi connectivity index (χ0n) is 12.2. The van der Waals surface area contributed by atoms with E-state index in [1.54, 1.807) is 6.92 Å². The lowest BCUT2D eigenvalue weighted by Crippen LogP contribution is -2.13. The van der Waals surface area contributed by atoms with E-state index in [4.69, 9.17) is 0 Å². The van der Waals surface area contributed by atoms with Crippen molar-refractivity contribution in [3.63, 3.8) is 0 Å². The summed E-state index contributed by atoms with van der Waals surface area (Å²) in [5, 5.41) is 12.3. The van der Waals surface area contributed by atoms with Crippen molar-refractivity contribution in [3.8, 4) is 0 Å². The molecular weight excluding hydrogens is 282 g/mol. The Bertz CT molecular complexity index is 608. The van der Waals surface area contributed by atoms with Gasteiger partial charge in [0.2, 0.25) is 5.91 Å². The van der Waals surface area contributed by atoms with Gasteiger partial charge < -0.3 is 10.4 Å². The molecule has 2 rings (SSSR count). The number of aliphatic hydroxyl groups is 1. The average molecular weight is 301 g/mol. The van der Waals surface area contributed by atoms with Crippen molar-refractivity contribution in [1.82, 2.24) is 0 Å². The number of thioether (sulfide) groups is 1. The number of aryl methyl sites for hydroxylation is 1. The van der Waals surface area contributed by atoms with E-state index in [-0.39, 0.29) is 5.91 Å². The van der Waals surface area contributed by atoms with Gasteiger partial charge in [0.1, 0.15) is 0 Å². The number of carbonyl (C=O) groups excluding carboxylic acids is 1. The van der Waals surface area contributed by atoms with Crippen molar-refractivity contribution in [3.05, 3.63) is 59.7 Å². The van der Waals surface area contributed by atoms with Gasteiger partial charge in [0.15, 0.2) is 0 Å². The first-order valence-corrected chi connectivity index (χ1v) is 7.80. The molecule has 0 aliphatic heterocycles. The molecule has 0 aliphatic carbocycles. The lowest BCUT2D eigenvalue weighted by Gasteiger charge is -2.07. The molecule has 0 heterocycles. The van der Waals surface area contributed by atoms with Gasteiger partial charge in [-0.1, -0.05) is 24.3 Å². The van der Waals surface area contributed by atoms with E-state index < -0.39 is 6.10 Å². The van der Waals surface area contributed by atoms with E-state index in [2.05, 4.69) is 5.32 Å². The van der Waals surface area contributed by atoms with Crippen molar-refractivity contribution in [2.24, 2.45) is 0 Å². The highest BCUT2D eigenvalue weighted by atomic mass is 32.2. The number of benzene rings is 2. The molecule has 21 heavy (non-hydrogen) atoms. The Morgan fingerprint density at radius 1 is 1.24 bits per heavy atom. The Morgan fingerprint density at radius 2 is 1.95 bits per heavy atom. The highest BCUT2D eigenvalue weighted by Crippen LogP contribution is 2.21. The summed E-state index contributed by atoms with van der Waals surface area (Å²) >= 11 is 1.48. The number of carbonyl (C=O) groups is 1. The fourth-order valence-electron chi connectivity index (χ4n) is 1.91. The molecular formula is C17H19NO2S. The van der Waals surface area contributed by atoms with Crippen molar-refractivity contribution in [2.45, 2.75) is 24.8 Å². The highest BCUT2D eigenvalue weighted by Gasteiger charge is 2.05. The Hall–Kier alpha value is -1.78. The zero-order valence-corrected chi connectivity index (χ0v) is 13.0. The van der Waals surface area contributed by atoms with E-state index in [1.165, 1.54) is 11.8 Å². The second-order valence-corrected chi connectivity index (χ2v) is 6.00. The van der Waals surface area contributed by atoms with Gasteiger partial charge in [-0.3, -0.25) is 4.79 Å². The molecule has 0 saturated heterocycles. The van der Waals surface area contributed by atoms with Gasteiger partial charge in [0.05, 0.1) is 11.9 Å². The van der Waals surface area contributed by atoms with Crippen molar-refractivity contribution in [1.29, 1.82) is 0 Å². The second kappa shape index (κ2) is 7.29. The third kappa shape index (κ3) is 4.92. The Labute approximate surface area is 129 Å². The molecule has 0 aliphatic rings. The standard InChI is InChI=1S/C17H19NO2S/c1-12-4-3-5-15(10-12)18-17(20)11-21-16-8-6-14(7-9-16)13(2)19/h3-10,13,19H,11H2,1-2H3,(H,18,20). The molecule has 0 fully saturated rings. The number of nitrogens with one attached hydrogen (secondary N) is 1. The van der Waals surface area contributed by atoms with E-state index in [0.29, 0.717) is 5.75 Å². The summed E-state index contributed by atoms with van der Waals surface area (Å²) in [5.41, 5.74) is 2.82. The number of aliphatic hydroxyl groups excluding tert-OH is 1. The fourth-order valence-corrected chi connectivity index (χ4v) is 2.61. The summed E-state index contributed by atoms with van der Waals surface area (Å²) in [7, 11) is 0. The molecule has 2 aromatic rings. The van der Waals surface area contributed by atoms with Crippen LogP contribution in [0.3, 0.4) is 0 Å². The Kier molecular flexibility index (Phi) is 5.42. The van der Waals surface area contributed by atoms with Crippen LogP contribution in [0.15, 0.2) is 53.4 Å². The zero-order chi connectivity index (χ0) is 15.2. The molecule has 110 valence electrons. The van der Waals surface area contributed by atoms with Crippen molar-refractivity contribution < 1.29 is 9.90 Å². The summed E-state index contributed by atoms with van der Waals surface area (Å²) < 4.78 is 0. The van der Waals surface area contributed by atoms with Gasteiger partial charge >= 0.3 is 0 Å². The summed E-state index contributed by atoms with van der Waals surface area (Å²) in [5.74, 6) is 0.340. The highest BCUT2D eigenvalue weighted by molar-refractivity contribution is 8.00. The number of amides is 1. The molecule has 1 unspecified atom stereocenters. The van der Waals surface area contributed by atoms with Crippen LogP contribution in [0.4, 0.5) is 5.69 Å². The van der Waals surface area contributed by atoms with Crippen LogP contribution in [-0.4, -0.2) is 16.8 Å². The Balaban J connectivity index is 1.86. The third-order valence-corrected chi connectivity index (χ3v) is 4.05. The SMILES string of the molecule is Cc1cccc(NC(=O)CSc2ccc(C(C)O)cc2)c1. The summed E-state index contributed by atoms with van der Waals surface area (Å²) in [4.78, 5) is 12.9. The molecule has 1 atom stereocenters. The maximum atomic E-state index is 11.9.